The fraction of sp³-hybridized carbons (Fsp3) is 0.750. The molecular weight excluding hydrogens is 171 g/mol. The van der Waals surface area contributed by atoms with E-state index in [9.17, 15) is 4.57 Å². The lowest BCUT2D eigenvalue weighted by atomic mass is 11.4. The Hall–Kier alpha value is -0.670. The quantitative estimate of drug-likeness (QED) is 0.210. The van der Waals surface area contributed by atoms with E-state index in [1.165, 1.54) is 7.11 Å². The largest absolute Gasteiger partial charge is 0.560 e. The monoisotopic (exact) mass is 180 g/mol. The van der Waals surface area contributed by atoms with E-state index >= 15 is 0 Å². The third-order valence-electron chi connectivity index (χ3n) is 0.983. The predicted molar refractivity (Wildman–Crippen MR) is 37.3 cm³/mol. The van der Waals surface area contributed by atoms with Gasteiger partial charge >= 0.3 is 13.2 Å². The second-order valence-electron chi connectivity index (χ2n) is 1.45. The lowest BCUT2D eigenvalue weighted by Crippen LogP contribution is -2.06. The molecule has 0 saturated heterocycles. The molecule has 0 saturated carbocycles. The lowest BCUT2D eigenvalue weighted by Gasteiger charge is -2.05. The van der Waals surface area contributed by atoms with Crippen molar-refractivity contribution >= 4 is 13.2 Å². The van der Waals surface area contributed by atoms with Crippen LogP contribution in [0.25, 0.3) is 5.53 Å². The molecular formula is C4H9N2O4P. The van der Waals surface area contributed by atoms with Crippen LogP contribution in [0.5, 0.6) is 0 Å². The Morgan fingerprint density at radius 2 is 1.82 bits per heavy atom. The topological polar surface area (TPSA) is 81.2 Å². The summed E-state index contributed by atoms with van der Waals surface area (Å²) in [7, 11) is 0.00306. The molecule has 0 heterocycles. The molecule has 7 heteroatoms. The molecule has 0 aliphatic heterocycles. The molecule has 0 rings (SSSR count). The molecule has 0 amide bonds. The van der Waals surface area contributed by atoms with Gasteiger partial charge in [0, 0.05) is 14.2 Å². The highest BCUT2D eigenvalue weighted by Gasteiger charge is 2.40. The predicted octanol–water partition coefficient (Wildman–Crippen LogP) is 0.705. The first-order valence-corrected chi connectivity index (χ1v) is 4.17. The number of hydrogen-bond donors (Lipinski definition) is 0. The van der Waals surface area contributed by atoms with Gasteiger partial charge in [0.05, 0.1) is 7.11 Å². The zero-order chi connectivity index (χ0) is 8.91. The van der Waals surface area contributed by atoms with E-state index in [-0.39, 0.29) is 0 Å². The van der Waals surface area contributed by atoms with Crippen LogP contribution in [0.2, 0.25) is 0 Å². The molecule has 0 N–H and O–H groups in total. The zero-order valence-electron chi connectivity index (χ0n) is 6.47. The van der Waals surface area contributed by atoms with E-state index in [2.05, 4.69) is 18.6 Å². The SMILES string of the molecule is COC(=[N+]=[N-])P(=O)(OC)OC. The van der Waals surface area contributed by atoms with Crippen molar-refractivity contribution in [2.24, 2.45) is 0 Å². The van der Waals surface area contributed by atoms with Crippen LogP contribution >= 0.6 is 7.60 Å². The molecule has 0 unspecified atom stereocenters. The van der Waals surface area contributed by atoms with E-state index in [1.807, 2.05) is 0 Å². The van der Waals surface area contributed by atoms with Crippen molar-refractivity contribution in [3.05, 3.63) is 5.53 Å². The summed E-state index contributed by atoms with van der Waals surface area (Å²) in [6.45, 7) is 0. The minimum atomic E-state index is -3.51. The maximum atomic E-state index is 11.3. The van der Waals surface area contributed by atoms with E-state index < -0.39 is 13.2 Å². The van der Waals surface area contributed by atoms with Gasteiger partial charge in [-0.05, 0) is 0 Å². The third kappa shape index (κ3) is 2.13. The van der Waals surface area contributed by atoms with Gasteiger partial charge in [-0.15, -0.1) is 4.79 Å². The molecule has 11 heavy (non-hydrogen) atoms. The normalized spacial score (nSPS) is 10.5. The minimum Gasteiger partial charge on any atom is -0.430 e. The first-order chi connectivity index (χ1) is 5.14. The summed E-state index contributed by atoms with van der Waals surface area (Å²) in [5, 5.41) is 0. The van der Waals surface area contributed by atoms with Gasteiger partial charge < -0.3 is 19.3 Å². The number of ether oxygens (including phenoxy) is 1. The summed E-state index contributed by atoms with van der Waals surface area (Å²) in [6.07, 6.45) is 0. The highest BCUT2D eigenvalue weighted by molar-refractivity contribution is 7.71. The van der Waals surface area contributed by atoms with Gasteiger partial charge in [0.25, 0.3) is 0 Å². The second kappa shape index (κ2) is 4.26. The van der Waals surface area contributed by atoms with Gasteiger partial charge in [0.15, 0.2) is 0 Å². The van der Waals surface area contributed by atoms with Crippen LogP contribution in [0.4, 0.5) is 0 Å². The molecule has 0 aromatic heterocycles. The Morgan fingerprint density at radius 1 is 1.36 bits per heavy atom. The Balaban J connectivity index is 4.77. The number of hydrogen-bond acceptors (Lipinski definition) is 4. The molecule has 6 nitrogen and oxygen atoms in total. The number of rotatable bonds is 3. The molecule has 0 aromatic rings. The Bertz CT molecular complexity index is 214. The lowest BCUT2D eigenvalue weighted by molar-refractivity contribution is -0.0320. The molecule has 0 aromatic carbocycles. The summed E-state index contributed by atoms with van der Waals surface area (Å²) in [6, 6.07) is 0. The van der Waals surface area contributed by atoms with Crippen molar-refractivity contribution in [1.82, 2.24) is 0 Å². The number of methoxy groups -OCH3 is 1. The Morgan fingerprint density at radius 3 is 1.91 bits per heavy atom. The smallest absolute Gasteiger partial charge is 0.430 e. The standard InChI is InChI=1S/C4H9N2O4P/c1-8-4(6-5)11(7,9-2)10-3/h1-3H3. The molecule has 0 spiro atoms. The van der Waals surface area contributed by atoms with Gasteiger partial charge in [0.2, 0.25) is 0 Å². The van der Waals surface area contributed by atoms with Crippen LogP contribution in [-0.4, -0.2) is 31.8 Å². The van der Waals surface area contributed by atoms with Crippen LogP contribution in [0.3, 0.4) is 0 Å². The fourth-order valence-corrected chi connectivity index (χ4v) is 1.23. The minimum absolute atomic E-state index is 0.470. The van der Waals surface area contributed by atoms with Gasteiger partial charge in [-0.3, -0.25) is 0 Å². The van der Waals surface area contributed by atoms with Gasteiger partial charge in [-0.2, -0.15) is 0 Å². The summed E-state index contributed by atoms with van der Waals surface area (Å²) >= 11 is 0. The Kier molecular flexibility index (Phi) is 4.00. The fourth-order valence-electron chi connectivity index (χ4n) is 0.438. The van der Waals surface area contributed by atoms with Crippen molar-refractivity contribution in [3.63, 3.8) is 0 Å². The first kappa shape index (κ1) is 10.3. The average molecular weight is 180 g/mol. The average Bonchev–Trinajstić information content (AvgIpc) is 2.06. The van der Waals surface area contributed by atoms with Crippen LogP contribution in [0, 0.1) is 0 Å². The van der Waals surface area contributed by atoms with Crippen molar-refractivity contribution in [3.8, 4) is 0 Å². The molecule has 0 bridgehead atoms. The van der Waals surface area contributed by atoms with Crippen LogP contribution in [-0.2, 0) is 18.3 Å². The van der Waals surface area contributed by atoms with Crippen molar-refractivity contribution in [1.29, 1.82) is 0 Å². The highest BCUT2D eigenvalue weighted by Crippen LogP contribution is 2.47. The molecule has 0 fully saturated rings. The first-order valence-electron chi connectivity index (χ1n) is 2.62. The molecule has 0 aliphatic carbocycles. The summed E-state index contributed by atoms with van der Waals surface area (Å²) in [4.78, 5) is 2.60. The van der Waals surface area contributed by atoms with Gasteiger partial charge in [0.1, 0.15) is 0 Å². The van der Waals surface area contributed by atoms with Gasteiger partial charge in [-0.25, -0.2) is 4.57 Å². The van der Waals surface area contributed by atoms with E-state index in [4.69, 9.17) is 5.53 Å². The van der Waals surface area contributed by atoms with E-state index in [0.717, 1.165) is 14.2 Å². The Labute approximate surface area is 64.2 Å². The molecule has 64 valence electrons. The highest BCUT2D eigenvalue weighted by atomic mass is 31.2. The van der Waals surface area contributed by atoms with E-state index in [1.54, 1.807) is 0 Å². The molecule has 0 radical (unpaired) electrons. The summed E-state index contributed by atoms with van der Waals surface area (Å²) < 4.78 is 24.6. The zero-order valence-corrected chi connectivity index (χ0v) is 7.37. The number of nitrogens with zero attached hydrogens (tertiary/aromatic N) is 2. The summed E-state index contributed by atoms with van der Waals surface area (Å²) in [5.74, 6) is 0. The van der Waals surface area contributed by atoms with Crippen molar-refractivity contribution in [2.45, 2.75) is 0 Å². The van der Waals surface area contributed by atoms with Crippen LogP contribution in [0.15, 0.2) is 0 Å². The maximum Gasteiger partial charge on any atom is 0.560 e. The van der Waals surface area contributed by atoms with Crippen molar-refractivity contribution in [2.75, 3.05) is 21.3 Å². The van der Waals surface area contributed by atoms with Crippen molar-refractivity contribution < 1.29 is 23.1 Å². The van der Waals surface area contributed by atoms with Gasteiger partial charge in [-0.1, -0.05) is 0 Å². The second-order valence-corrected chi connectivity index (χ2v) is 3.56. The maximum absolute atomic E-state index is 11.3. The van der Waals surface area contributed by atoms with Crippen LogP contribution in [0.1, 0.15) is 0 Å². The van der Waals surface area contributed by atoms with E-state index in [0.29, 0.717) is 0 Å². The van der Waals surface area contributed by atoms with Crippen LogP contribution < -0.4 is 0 Å². The molecule has 0 aliphatic rings. The summed E-state index contributed by atoms with van der Waals surface area (Å²) in [5.41, 5.74) is 7.78. The molecule has 0 atom stereocenters. The third-order valence-corrected chi connectivity index (χ3v) is 2.69.